The number of nitrogens with one attached hydrogen (secondary N) is 1. The van der Waals surface area contributed by atoms with Gasteiger partial charge in [-0.05, 0) is 42.2 Å². The van der Waals surface area contributed by atoms with Gasteiger partial charge in [0.25, 0.3) is 5.91 Å². The number of piperidine rings is 1. The number of benzene rings is 2. The molecule has 3 rings (SSSR count). The molecule has 0 saturated carbocycles. The van der Waals surface area contributed by atoms with E-state index in [1.807, 2.05) is 24.3 Å². The quantitative estimate of drug-likeness (QED) is 0.404. The van der Waals surface area contributed by atoms with Crippen LogP contribution in [0.15, 0.2) is 57.9 Å². The highest BCUT2D eigenvalue weighted by molar-refractivity contribution is 9.10. The minimum absolute atomic E-state index is 0.0404. The molecule has 168 valence electrons. The summed E-state index contributed by atoms with van der Waals surface area (Å²) >= 11 is 3.45. The molecule has 31 heavy (non-hydrogen) atoms. The van der Waals surface area contributed by atoms with Gasteiger partial charge in [-0.25, -0.2) is 13.9 Å². The lowest BCUT2D eigenvalue weighted by molar-refractivity contribution is -0.140. The van der Waals surface area contributed by atoms with E-state index in [0.717, 1.165) is 14.3 Å². The van der Waals surface area contributed by atoms with Crippen LogP contribution in [0.5, 0.6) is 5.75 Å². The molecule has 1 aliphatic rings. The van der Waals surface area contributed by atoms with Crippen LogP contribution in [0.25, 0.3) is 0 Å². The summed E-state index contributed by atoms with van der Waals surface area (Å²) in [5.74, 6) is -0.354. The van der Waals surface area contributed by atoms with Gasteiger partial charge in [-0.2, -0.15) is 4.31 Å². The maximum atomic E-state index is 13.3. The first-order valence-electron chi connectivity index (χ1n) is 9.66. The summed E-state index contributed by atoms with van der Waals surface area (Å²) in [6.07, 6.45) is -0.710. The van der Waals surface area contributed by atoms with E-state index in [2.05, 4.69) is 15.9 Å². The van der Waals surface area contributed by atoms with Gasteiger partial charge in [-0.1, -0.05) is 48.0 Å². The van der Waals surface area contributed by atoms with E-state index in [9.17, 15) is 18.3 Å². The number of amides is 1. The number of aliphatic hydroxyl groups is 1. The second-order valence-corrected chi connectivity index (χ2v) is 10.9. The highest BCUT2D eigenvalue weighted by Crippen LogP contribution is 2.38. The first-order valence-corrected chi connectivity index (χ1v) is 11.9. The molecule has 0 aliphatic carbocycles. The van der Waals surface area contributed by atoms with E-state index < -0.39 is 33.5 Å². The number of ether oxygens (including phenoxy) is 1. The first kappa shape index (κ1) is 23.7. The van der Waals surface area contributed by atoms with Crippen molar-refractivity contribution < 1.29 is 28.3 Å². The molecule has 0 spiro atoms. The molecule has 1 aliphatic heterocycles. The standard InChI is InChI=1S/C21H25BrN2O6S/c1-21(2)11-15(25)12-24(19(21)20(26)23-27)31(28,29)17-9-7-16(8-10-17)30-13-14-5-3-4-6-18(14)22/h3-10,15,19,25,27H,11-13H2,1-2H3,(H,23,26)/t15?,19-/m0/s1. The molecule has 1 heterocycles. The zero-order chi connectivity index (χ0) is 22.8. The fraction of sp³-hybridized carbons (Fsp3) is 0.381. The fourth-order valence-electron chi connectivity index (χ4n) is 3.89. The third kappa shape index (κ3) is 5.09. The van der Waals surface area contributed by atoms with Crippen molar-refractivity contribution in [2.75, 3.05) is 6.54 Å². The van der Waals surface area contributed by atoms with Gasteiger partial charge in [-0.3, -0.25) is 10.0 Å². The molecule has 0 aromatic heterocycles. The molecule has 3 N–H and O–H groups in total. The van der Waals surface area contributed by atoms with Crippen LogP contribution in [0.3, 0.4) is 0 Å². The lowest BCUT2D eigenvalue weighted by atomic mass is 9.76. The molecule has 2 atom stereocenters. The summed E-state index contributed by atoms with van der Waals surface area (Å²) < 4.78 is 34.2. The van der Waals surface area contributed by atoms with Crippen molar-refractivity contribution in [2.45, 2.75) is 43.9 Å². The maximum Gasteiger partial charge on any atom is 0.262 e. The average Bonchev–Trinajstić information content (AvgIpc) is 2.71. The van der Waals surface area contributed by atoms with Gasteiger partial charge in [0.15, 0.2) is 0 Å². The highest BCUT2D eigenvalue weighted by Gasteiger charge is 2.50. The number of halogens is 1. The molecular weight excluding hydrogens is 488 g/mol. The van der Waals surface area contributed by atoms with Crippen LogP contribution in [-0.4, -0.2) is 47.6 Å². The predicted octanol–water partition coefficient (Wildman–Crippen LogP) is 2.68. The van der Waals surface area contributed by atoms with Gasteiger partial charge in [-0.15, -0.1) is 0 Å². The van der Waals surface area contributed by atoms with Crippen molar-refractivity contribution in [3.63, 3.8) is 0 Å². The van der Waals surface area contributed by atoms with E-state index >= 15 is 0 Å². The van der Waals surface area contributed by atoms with E-state index in [-0.39, 0.29) is 17.9 Å². The Balaban J connectivity index is 1.83. The number of β-amino-alcohol motifs (C(OH)–C–C–N with tert-alkyl or cyclic N) is 1. The molecule has 10 heteroatoms. The Hall–Kier alpha value is -1.98. The number of hydrogen-bond acceptors (Lipinski definition) is 6. The summed E-state index contributed by atoms with van der Waals surface area (Å²) in [5, 5.41) is 19.4. The monoisotopic (exact) mass is 512 g/mol. The average molecular weight is 513 g/mol. The molecule has 2 aromatic rings. The number of nitrogens with zero attached hydrogens (tertiary/aromatic N) is 1. The minimum atomic E-state index is -4.12. The zero-order valence-corrected chi connectivity index (χ0v) is 19.6. The Kier molecular flexibility index (Phi) is 7.07. The Labute approximate surface area is 190 Å². The molecule has 0 bridgehead atoms. The third-order valence-corrected chi connectivity index (χ3v) is 7.94. The largest absolute Gasteiger partial charge is 0.489 e. The van der Waals surface area contributed by atoms with Gasteiger partial charge >= 0.3 is 0 Å². The van der Waals surface area contributed by atoms with Crippen LogP contribution in [0, 0.1) is 5.41 Å². The number of sulfonamides is 1. The van der Waals surface area contributed by atoms with Gasteiger partial charge in [0, 0.05) is 16.6 Å². The lowest BCUT2D eigenvalue weighted by Gasteiger charge is -2.45. The normalized spacial score (nSPS) is 21.5. The van der Waals surface area contributed by atoms with Gasteiger partial charge < -0.3 is 9.84 Å². The number of aliphatic hydroxyl groups excluding tert-OH is 1. The molecule has 1 saturated heterocycles. The Morgan fingerprint density at radius 3 is 2.48 bits per heavy atom. The number of carbonyl (C=O) groups is 1. The molecule has 1 fully saturated rings. The third-order valence-electron chi connectivity index (χ3n) is 5.32. The molecule has 8 nitrogen and oxygen atoms in total. The molecule has 1 amide bonds. The summed E-state index contributed by atoms with van der Waals surface area (Å²) in [6.45, 7) is 3.41. The Morgan fingerprint density at radius 2 is 1.87 bits per heavy atom. The summed E-state index contributed by atoms with van der Waals surface area (Å²) in [7, 11) is -4.12. The molecule has 1 unspecified atom stereocenters. The van der Waals surface area contributed by atoms with Gasteiger partial charge in [0.2, 0.25) is 10.0 Å². The predicted molar refractivity (Wildman–Crippen MR) is 117 cm³/mol. The van der Waals surface area contributed by atoms with Crippen molar-refractivity contribution >= 4 is 31.9 Å². The first-order chi connectivity index (χ1) is 14.6. The number of rotatable bonds is 6. The van der Waals surface area contributed by atoms with Crippen LogP contribution >= 0.6 is 15.9 Å². The number of hydroxylamine groups is 1. The molecular formula is C21H25BrN2O6S. The summed E-state index contributed by atoms with van der Waals surface area (Å²) in [4.78, 5) is 12.3. The van der Waals surface area contributed by atoms with Crippen molar-refractivity contribution in [1.29, 1.82) is 0 Å². The van der Waals surface area contributed by atoms with Crippen molar-refractivity contribution in [2.24, 2.45) is 5.41 Å². The van der Waals surface area contributed by atoms with Crippen molar-refractivity contribution in [1.82, 2.24) is 9.79 Å². The van der Waals surface area contributed by atoms with Gasteiger partial charge in [0.1, 0.15) is 18.4 Å². The van der Waals surface area contributed by atoms with Crippen LogP contribution in [0.4, 0.5) is 0 Å². The second kappa shape index (κ2) is 9.25. The maximum absolute atomic E-state index is 13.3. The molecule has 0 radical (unpaired) electrons. The SMILES string of the molecule is CC1(C)CC(O)CN(S(=O)(=O)c2ccc(OCc3ccccc3Br)cc2)[C@H]1C(=O)NO. The Bertz CT molecular complexity index is 1040. The topological polar surface area (TPSA) is 116 Å². The van der Waals surface area contributed by atoms with Crippen LogP contribution in [-0.2, 0) is 21.4 Å². The van der Waals surface area contributed by atoms with Gasteiger partial charge in [0.05, 0.1) is 11.0 Å². The fourth-order valence-corrected chi connectivity index (χ4v) is 6.07. The zero-order valence-electron chi connectivity index (χ0n) is 17.2. The summed E-state index contributed by atoms with van der Waals surface area (Å²) in [6, 6.07) is 12.3. The molecule has 2 aromatic carbocycles. The number of carbonyl (C=O) groups excluding carboxylic acids is 1. The highest BCUT2D eigenvalue weighted by atomic mass is 79.9. The second-order valence-electron chi connectivity index (χ2n) is 8.15. The van der Waals surface area contributed by atoms with Crippen molar-refractivity contribution in [3.05, 3.63) is 58.6 Å². The summed E-state index contributed by atoms with van der Waals surface area (Å²) in [5.41, 5.74) is 1.61. The smallest absolute Gasteiger partial charge is 0.262 e. The van der Waals surface area contributed by atoms with Crippen molar-refractivity contribution in [3.8, 4) is 5.75 Å². The van der Waals surface area contributed by atoms with E-state index in [1.54, 1.807) is 19.3 Å². The van der Waals surface area contributed by atoms with E-state index in [0.29, 0.717) is 12.4 Å². The van der Waals surface area contributed by atoms with E-state index in [1.165, 1.54) is 24.3 Å². The lowest BCUT2D eigenvalue weighted by Crippen LogP contribution is -2.62. The van der Waals surface area contributed by atoms with Crippen LogP contribution < -0.4 is 10.2 Å². The van der Waals surface area contributed by atoms with Crippen LogP contribution in [0.2, 0.25) is 0 Å². The minimum Gasteiger partial charge on any atom is -0.489 e. The Morgan fingerprint density at radius 1 is 1.23 bits per heavy atom. The number of hydrogen-bond donors (Lipinski definition) is 3. The van der Waals surface area contributed by atoms with Crippen LogP contribution in [0.1, 0.15) is 25.8 Å². The van der Waals surface area contributed by atoms with E-state index in [4.69, 9.17) is 9.94 Å².